The quantitative estimate of drug-likeness (QED) is 0.236. The Morgan fingerprint density at radius 2 is 1.82 bits per heavy atom. The second-order valence-corrected chi connectivity index (χ2v) is 11.5. The Hall–Kier alpha value is -4.24. The maximum atomic E-state index is 13.3. The number of hydrogen-bond acceptors (Lipinski definition) is 7. The Morgan fingerprint density at radius 1 is 1.05 bits per heavy atom. The van der Waals surface area contributed by atoms with E-state index in [4.69, 9.17) is 9.84 Å². The second-order valence-electron chi connectivity index (χ2n) is 10.6. The Balaban J connectivity index is 1.38. The number of ketones is 1. The summed E-state index contributed by atoms with van der Waals surface area (Å²) in [6.07, 6.45) is 4.11. The Bertz CT molecular complexity index is 1750. The summed E-state index contributed by atoms with van der Waals surface area (Å²) in [7, 11) is 0. The number of fused-ring (bicyclic) bond motifs is 1. The maximum absolute atomic E-state index is 13.3. The molecule has 0 saturated heterocycles. The zero-order valence-electron chi connectivity index (χ0n) is 23.2. The first-order valence-electron chi connectivity index (χ1n) is 13.0. The molecule has 2 aromatic carbocycles. The summed E-state index contributed by atoms with van der Waals surface area (Å²) in [4.78, 5) is 37.5. The number of benzene rings is 2. The van der Waals surface area contributed by atoms with Crippen LogP contribution >= 0.6 is 11.8 Å². The standard InChI is InChI=1S/C31H31N5O3S/c1-19-30(38)34-29-28(33-19)25(13-14-32-29)39-24-12-11-20(26(18-24)40-5)15-23(37)16-22-17-27(31(2,3)4)35-36(22)21-9-7-6-8-10-21/h6-14,17-18H,15-16H2,1-5H3,(H,32,34,38). The van der Waals surface area contributed by atoms with Gasteiger partial charge >= 0.3 is 0 Å². The van der Waals surface area contributed by atoms with Crippen molar-refractivity contribution in [3.8, 4) is 17.2 Å². The van der Waals surface area contributed by atoms with Crippen molar-refractivity contribution in [3.63, 3.8) is 0 Å². The Labute approximate surface area is 236 Å². The van der Waals surface area contributed by atoms with Gasteiger partial charge in [-0.2, -0.15) is 5.10 Å². The molecule has 8 nitrogen and oxygen atoms in total. The van der Waals surface area contributed by atoms with Crippen molar-refractivity contribution in [3.05, 3.63) is 99.9 Å². The van der Waals surface area contributed by atoms with E-state index in [1.54, 1.807) is 30.9 Å². The SMILES string of the molecule is CSc1cc(Oc2ccnc3[nH]c(=O)c(C)nc23)ccc1CC(=O)Cc1cc(C(C)(C)C)nn1-c1ccccc1. The molecule has 0 fully saturated rings. The van der Waals surface area contributed by atoms with E-state index in [-0.39, 0.29) is 23.2 Å². The van der Waals surface area contributed by atoms with E-state index in [0.717, 1.165) is 27.5 Å². The van der Waals surface area contributed by atoms with Gasteiger partial charge in [-0.1, -0.05) is 45.0 Å². The maximum Gasteiger partial charge on any atom is 0.270 e. The number of nitrogens with zero attached hydrogens (tertiary/aromatic N) is 4. The number of ether oxygens (including phenoxy) is 1. The summed E-state index contributed by atoms with van der Waals surface area (Å²) in [6.45, 7) is 8.01. The molecule has 0 aliphatic rings. The summed E-state index contributed by atoms with van der Waals surface area (Å²) in [5.74, 6) is 1.20. The molecule has 0 bridgehead atoms. The smallest absolute Gasteiger partial charge is 0.270 e. The van der Waals surface area contributed by atoms with Crippen LogP contribution in [0.1, 0.15) is 43.4 Å². The first-order chi connectivity index (χ1) is 19.1. The van der Waals surface area contributed by atoms with Crippen molar-refractivity contribution in [2.75, 3.05) is 6.26 Å². The predicted molar refractivity (Wildman–Crippen MR) is 158 cm³/mol. The number of rotatable bonds is 8. The number of para-hydroxylation sites is 1. The van der Waals surface area contributed by atoms with Gasteiger partial charge in [-0.25, -0.2) is 14.6 Å². The number of aromatic amines is 1. The van der Waals surface area contributed by atoms with Gasteiger partial charge in [0.25, 0.3) is 5.56 Å². The van der Waals surface area contributed by atoms with E-state index in [0.29, 0.717) is 34.8 Å². The van der Waals surface area contributed by atoms with E-state index in [9.17, 15) is 9.59 Å². The van der Waals surface area contributed by atoms with Crippen molar-refractivity contribution in [2.45, 2.75) is 50.8 Å². The molecule has 3 heterocycles. The monoisotopic (exact) mass is 553 g/mol. The normalized spacial score (nSPS) is 11.6. The molecule has 0 unspecified atom stereocenters. The van der Waals surface area contributed by atoms with Crippen LogP contribution in [0.15, 0.2) is 76.6 Å². The highest BCUT2D eigenvalue weighted by atomic mass is 32.2. The summed E-state index contributed by atoms with van der Waals surface area (Å²) >= 11 is 1.56. The van der Waals surface area contributed by atoms with Gasteiger partial charge < -0.3 is 9.72 Å². The Morgan fingerprint density at radius 3 is 2.55 bits per heavy atom. The molecule has 5 aromatic rings. The summed E-state index contributed by atoms with van der Waals surface area (Å²) in [5, 5.41) is 4.84. The van der Waals surface area contributed by atoms with Gasteiger partial charge in [0, 0.05) is 35.4 Å². The van der Waals surface area contributed by atoms with E-state index < -0.39 is 0 Å². The van der Waals surface area contributed by atoms with E-state index in [2.05, 4.69) is 35.7 Å². The molecule has 0 aliphatic heterocycles. The summed E-state index contributed by atoms with van der Waals surface area (Å²) < 4.78 is 8.03. The molecule has 0 amide bonds. The highest BCUT2D eigenvalue weighted by Crippen LogP contribution is 2.32. The lowest BCUT2D eigenvalue weighted by Gasteiger charge is -2.14. The fraction of sp³-hybridized carbons (Fsp3) is 0.258. The minimum Gasteiger partial charge on any atom is -0.455 e. The van der Waals surface area contributed by atoms with Gasteiger partial charge in [0.15, 0.2) is 11.4 Å². The third-order valence-corrected chi connectivity index (χ3v) is 7.35. The van der Waals surface area contributed by atoms with Crippen molar-refractivity contribution >= 4 is 28.7 Å². The topological polar surface area (TPSA) is 103 Å². The molecule has 40 heavy (non-hydrogen) atoms. The number of pyridine rings is 1. The molecule has 5 rings (SSSR count). The highest BCUT2D eigenvalue weighted by Gasteiger charge is 2.22. The van der Waals surface area contributed by atoms with Crippen LogP contribution in [0.2, 0.25) is 0 Å². The molecule has 9 heteroatoms. The number of H-pyrrole nitrogens is 1. The van der Waals surface area contributed by atoms with Crippen molar-refractivity contribution < 1.29 is 9.53 Å². The van der Waals surface area contributed by atoms with Crippen molar-refractivity contribution in [2.24, 2.45) is 0 Å². The van der Waals surface area contributed by atoms with Crippen molar-refractivity contribution in [1.82, 2.24) is 24.7 Å². The van der Waals surface area contributed by atoms with Crippen LogP contribution in [0.25, 0.3) is 16.9 Å². The number of carbonyl (C=O) groups is 1. The number of aryl methyl sites for hydroxylation is 1. The number of thioether (sulfide) groups is 1. The molecule has 0 saturated carbocycles. The van der Waals surface area contributed by atoms with Gasteiger partial charge in [-0.15, -0.1) is 11.8 Å². The first kappa shape index (κ1) is 27.3. The molecule has 0 atom stereocenters. The number of nitrogens with one attached hydrogen (secondary N) is 1. The lowest BCUT2D eigenvalue weighted by molar-refractivity contribution is -0.117. The average molecular weight is 554 g/mol. The fourth-order valence-electron chi connectivity index (χ4n) is 4.38. The van der Waals surface area contributed by atoms with E-state index >= 15 is 0 Å². The molecular weight excluding hydrogens is 522 g/mol. The molecule has 0 aliphatic carbocycles. The lowest BCUT2D eigenvalue weighted by Crippen LogP contribution is -2.13. The minimum absolute atomic E-state index is 0.102. The van der Waals surface area contributed by atoms with Gasteiger partial charge in [0.1, 0.15) is 22.7 Å². The predicted octanol–water partition coefficient (Wildman–Crippen LogP) is 5.98. The van der Waals surface area contributed by atoms with E-state index in [1.165, 1.54) is 0 Å². The van der Waals surface area contributed by atoms with Crippen LogP contribution in [-0.2, 0) is 23.1 Å². The van der Waals surface area contributed by atoms with Crippen molar-refractivity contribution in [1.29, 1.82) is 0 Å². The Kier molecular flexibility index (Phi) is 7.58. The number of hydrogen-bond donors (Lipinski definition) is 1. The van der Waals surface area contributed by atoms with Crippen LogP contribution in [0, 0.1) is 6.92 Å². The minimum atomic E-state index is -0.280. The van der Waals surface area contributed by atoms with E-state index in [1.807, 2.05) is 65.5 Å². The number of carbonyl (C=O) groups excluding carboxylic acids is 1. The van der Waals surface area contributed by atoms with Crippen LogP contribution in [0.4, 0.5) is 0 Å². The third-order valence-electron chi connectivity index (χ3n) is 6.53. The largest absolute Gasteiger partial charge is 0.455 e. The number of aromatic nitrogens is 5. The second kappa shape index (κ2) is 11.1. The van der Waals surface area contributed by atoms with Crippen LogP contribution in [0.5, 0.6) is 11.5 Å². The van der Waals surface area contributed by atoms with Crippen LogP contribution < -0.4 is 10.3 Å². The summed E-state index contributed by atoms with van der Waals surface area (Å²) in [5.41, 5.74) is 4.46. The summed E-state index contributed by atoms with van der Waals surface area (Å²) in [6, 6.07) is 19.4. The van der Waals surface area contributed by atoms with Gasteiger partial charge in [-0.3, -0.25) is 9.59 Å². The lowest BCUT2D eigenvalue weighted by atomic mass is 9.92. The van der Waals surface area contributed by atoms with Crippen LogP contribution in [0.3, 0.4) is 0 Å². The molecule has 0 radical (unpaired) electrons. The molecule has 1 N–H and O–H groups in total. The van der Waals surface area contributed by atoms with Crippen LogP contribution in [-0.4, -0.2) is 36.8 Å². The first-order valence-corrected chi connectivity index (χ1v) is 14.2. The van der Waals surface area contributed by atoms with Gasteiger partial charge in [0.05, 0.1) is 17.1 Å². The number of Topliss-reactive ketones (excluding diaryl/α,β-unsaturated/α-hetero) is 1. The van der Waals surface area contributed by atoms with Gasteiger partial charge in [0.2, 0.25) is 0 Å². The molecule has 204 valence electrons. The third kappa shape index (κ3) is 5.84. The highest BCUT2D eigenvalue weighted by molar-refractivity contribution is 7.98. The molecular formula is C31H31N5O3S. The fourth-order valence-corrected chi connectivity index (χ4v) is 5.01. The zero-order valence-corrected chi connectivity index (χ0v) is 24.0. The average Bonchev–Trinajstić information content (AvgIpc) is 3.35. The molecule has 0 spiro atoms. The molecule has 3 aromatic heterocycles. The van der Waals surface area contributed by atoms with Gasteiger partial charge in [-0.05, 0) is 49.1 Å². The zero-order chi connectivity index (χ0) is 28.4.